The second-order valence-electron chi connectivity index (χ2n) is 5.28. The molecule has 1 aliphatic rings. The number of carbonyl (C=O) groups excluding carboxylic acids is 1. The molecule has 1 aromatic carbocycles. The summed E-state index contributed by atoms with van der Waals surface area (Å²) in [6.07, 6.45) is 3.76. The number of hydrogen-bond acceptors (Lipinski definition) is 3. The van der Waals surface area contributed by atoms with Crippen LogP contribution >= 0.6 is 0 Å². The van der Waals surface area contributed by atoms with Crippen LogP contribution in [0.1, 0.15) is 37.3 Å². The minimum Gasteiger partial charge on any atom is -0.356 e. The topological polar surface area (TPSA) is 53.2 Å². The monoisotopic (exact) mass is 275 g/mol. The Labute approximate surface area is 121 Å². The van der Waals surface area contributed by atoms with E-state index in [4.69, 9.17) is 0 Å². The van der Waals surface area contributed by atoms with Crippen molar-refractivity contribution in [2.24, 2.45) is 0 Å². The minimum absolute atomic E-state index is 0.108. The summed E-state index contributed by atoms with van der Waals surface area (Å²) in [7, 11) is 0. The van der Waals surface area contributed by atoms with Gasteiger partial charge in [-0.1, -0.05) is 30.3 Å². The molecule has 0 spiro atoms. The zero-order valence-corrected chi connectivity index (χ0v) is 12.0. The predicted molar refractivity (Wildman–Crippen MR) is 81.5 cm³/mol. The molecule has 1 aliphatic heterocycles. The van der Waals surface area contributed by atoms with Gasteiger partial charge in [0.15, 0.2) is 0 Å². The summed E-state index contributed by atoms with van der Waals surface area (Å²) in [6, 6.07) is 10.3. The van der Waals surface area contributed by atoms with Crippen LogP contribution in [0.2, 0.25) is 0 Å². The molecule has 1 amide bonds. The van der Waals surface area contributed by atoms with E-state index in [0.717, 1.165) is 45.4 Å². The van der Waals surface area contributed by atoms with Crippen LogP contribution in [0.15, 0.2) is 30.3 Å². The Morgan fingerprint density at radius 1 is 0.900 bits per heavy atom. The van der Waals surface area contributed by atoms with Crippen molar-refractivity contribution in [3.63, 3.8) is 0 Å². The highest BCUT2D eigenvalue weighted by molar-refractivity contribution is 5.76. The van der Waals surface area contributed by atoms with Gasteiger partial charge >= 0.3 is 0 Å². The van der Waals surface area contributed by atoms with Gasteiger partial charge < -0.3 is 16.0 Å². The maximum atomic E-state index is 12.0. The molecule has 3 N–H and O–H groups in total. The summed E-state index contributed by atoms with van der Waals surface area (Å²) in [5.41, 5.74) is 1.19. The van der Waals surface area contributed by atoms with Crippen LogP contribution in [0.25, 0.3) is 0 Å². The van der Waals surface area contributed by atoms with Crippen molar-refractivity contribution >= 4 is 5.91 Å². The minimum atomic E-state index is 0.108. The van der Waals surface area contributed by atoms with Crippen LogP contribution in [0.3, 0.4) is 0 Å². The Morgan fingerprint density at radius 3 is 2.50 bits per heavy atom. The summed E-state index contributed by atoms with van der Waals surface area (Å²) in [6.45, 7) is 3.79. The van der Waals surface area contributed by atoms with E-state index in [1.807, 2.05) is 18.2 Å². The van der Waals surface area contributed by atoms with Gasteiger partial charge in [-0.15, -0.1) is 0 Å². The van der Waals surface area contributed by atoms with Crippen molar-refractivity contribution in [2.45, 2.75) is 31.7 Å². The van der Waals surface area contributed by atoms with Crippen LogP contribution < -0.4 is 16.0 Å². The van der Waals surface area contributed by atoms with E-state index in [-0.39, 0.29) is 11.9 Å². The van der Waals surface area contributed by atoms with Crippen molar-refractivity contribution in [3.05, 3.63) is 35.9 Å². The van der Waals surface area contributed by atoms with Gasteiger partial charge in [-0.2, -0.15) is 0 Å². The highest BCUT2D eigenvalue weighted by Crippen LogP contribution is 2.16. The molecule has 20 heavy (non-hydrogen) atoms. The quantitative estimate of drug-likeness (QED) is 0.729. The fraction of sp³-hybridized carbons (Fsp3) is 0.562. The lowest BCUT2D eigenvalue weighted by Gasteiger charge is -2.19. The van der Waals surface area contributed by atoms with Crippen molar-refractivity contribution in [1.29, 1.82) is 0 Å². The molecule has 1 heterocycles. The van der Waals surface area contributed by atoms with Gasteiger partial charge in [0, 0.05) is 19.0 Å². The van der Waals surface area contributed by atoms with Gasteiger partial charge in [-0.05, 0) is 44.5 Å². The maximum absolute atomic E-state index is 12.0. The summed E-state index contributed by atoms with van der Waals surface area (Å²) in [5, 5.41) is 9.95. The molecule has 0 aromatic heterocycles. The molecule has 110 valence electrons. The number of carbonyl (C=O) groups is 1. The molecule has 0 saturated carbocycles. The summed E-state index contributed by atoms with van der Waals surface area (Å²) >= 11 is 0. The lowest BCUT2D eigenvalue weighted by molar-refractivity contribution is -0.121. The molecule has 1 aromatic rings. The molecule has 4 heteroatoms. The Balaban J connectivity index is 1.97. The van der Waals surface area contributed by atoms with Gasteiger partial charge in [-0.3, -0.25) is 4.79 Å². The fourth-order valence-corrected chi connectivity index (χ4v) is 2.47. The highest BCUT2D eigenvalue weighted by Gasteiger charge is 2.15. The fourth-order valence-electron chi connectivity index (χ4n) is 2.47. The average Bonchev–Trinajstić information content (AvgIpc) is 2.50. The number of amides is 1. The van der Waals surface area contributed by atoms with Crippen LogP contribution in [0.5, 0.6) is 0 Å². The Bertz CT molecular complexity index is 394. The predicted octanol–water partition coefficient (Wildman–Crippen LogP) is 1.60. The van der Waals surface area contributed by atoms with E-state index in [0.29, 0.717) is 6.42 Å². The normalized spacial score (nSPS) is 23.0. The number of rotatable bonds is 1. The molecule has 1 atom stereocenters. The van der Waals surface area contributed by atoms with Crippen molar-refractivity contribution in [1.82, 2.24) is 16.0 Å². The SMILES string of the molecule is O=C1C[C@@H](c2ccccc2)NCCCNCCCCN1. The van der Waals surface area contributed by atoms with Crippen LogP contribution in [-0.2, 0) is 4.79 Å². The maximum Gasteiger partial charge on any atom is 0.221 e. The van der Waals surface area contributed by atoms with E-state index in [1.54, 1.807) is 0 Å². The first-order chi connectivity index (χ1) is 9.86. The van der Waals surface area contributed by atoms with Crippen LogP contribution in [-0.4, -0.2) is 32.1 Å². The zero-order chi connectivity index (χ0) is 14.0. The molecular formula is C16H25N3O. The van der Waals surface area contributed by atoms with E-state index in [9.17, 15) is 4.79 Å². The molecule has 0 bridgehead atoms. The lowest BCUT2D eigenvalue weighted by Crippen LogP contribution is -2.31. The second kappa shape index (κ2) is 8.72. The van der Waals surface area contributed by atoms with Gasteiger partial charge in [0.05, 0.1) is 0 Å². The van der Waals surface area contributed by atoms with Gasteiger partial charge in [-0.25, -0.2) is 0 Å². The molecule has 1 fully saturated rings. The third kappa shape index (κ3) is 5.31. The smallest absolute Gasteiger partial charge is 0.221 e. The van der Waals surface area contributed by atoms with E-state index < -0.39 is 0 Å². The molecule has 0 unspecified atom stereocenters. The number of hydrogen-bond donors (Lipinski definition) is 3. The summed E-state index contributed by atoms with van der Waals surface area (Å²) in [4.78, 5) is 12.0. The Morgan fingerprint density at radius 2 is 1.65 bits per heavy atom. The standard InChI is InChI=1S/C16H25N3O/c20-16-13-15(14-7-2-1-3-8-14)18-12-6-10-17-9-4-5-11-19-16/h1-3,7-8,15,17-18H,4-6,9-13H2,(H,19,20)/t15-/m0/s1. The number of nitrogens with one attached hydrogen (secondary N) is 3. The largest absolute Gasteiger partial charge is 0.356 e. The summed E-state index contributed by atoms with van der Waals surface area (Å²) < 4.78 is 0. The third-order valence-electron chi connectivity index (χ3n) is 3.62. The zero-order valence-electron chi connectivity index (χ0n) is 12.0. The Hall–Kier alpha value is -1.39. The molecule has 0 aliphatic carbocycles. The van der Waals surface area contributed by atoms with Crippen LogP contribution in [0.4, 0.5) is 0 Å². The van der Waals surface area contributed by atoms with Gasteiger partial charge in [0.2, 0.25) is 5.91 Å². The summed E-state index contributed by atoms with van der Waals surface area (Å²) in [5.74, 6) is 0.138. The van der Waals surface area contributed by atoms with E-state index in [1.165, 1.54) is 5.56 Å². The highest BCUT2D eigenvalue weighted by atomic mass is 16.1. The van der Waals surface area contributed by atoms with Gasteiger partial charge in [0.1, 0.15) is 0 Å². The molecule has 1 saturated heterocycles. The van der Waals surface area contributed by atoms with Gasteiger partial charge in [0.25, 0.3) is 0 Å². The van der Waals surface area contributed by atoms with E-state index >= 15 is 0 Å². The average molecular weight is 275 g/mol. The first-order valence-corrected chi connectivity index (χ1v) is 7.62. The van der Waals surface area contributed by atoms with E-state index in [2.05, 4.69) is 28.1 Å². The van der Waals surface area contributed by atoms with Crippen molar-refractivity contribution < 1.29 is 4.79 Å². The number of benzene rings is 1. The lowest BCUT2D eigenvalue weighted by atomic mass is 10.0. The Kier molecular flexibility index (Phi) is 6.54. The molecule has 2 rings (SSSR count). The second-order valence-corrected chi connectivity index (χ2v) is 5.28. The van der Waals surface area contributed by atoms with Crippen molar-refractivity contribution in [2.75, 3.05) is 26.2 Å². The molecule has 4 nitrogen and oxygen atoms in total. The van der Waals surface area contributed by atoms with Crippen LogP contribution in [0, 0.1) is 0 Å². The third-order valence-corrected chi connectivity index (χ3v) is 3.62. The molecular weight excluding hydrogens is 250 g/mol. The molecule has 0 radical (unpaired) electrons. The van der Waals surface area contributed by atoms with Crippen molar-refractivity contribution in [3.8, 4) is 0 Å². The first-order valence-electron chi connectivity index (χ1n) is 7.62. The first kappa shape index (κ1) is 15.0.